The number of hydrogen-bond donors (Lipinski definition) is 1. The molecule has 0 radical (unpaired) electrons. The molecule has 1 aromatic carbocycles. The van der Waals surface area contributed by atoms with Gasteiger partial charge in [0.1, 0.15) is 5.82 Å². The van der Waals surface area contributed by atoms with E-state index in [4.69, 9.17) is 0 Å². The molecule has 6 heteroatoms. The quantitative estimate of drug-likeness (QED) is 0.935. The Bertz CT molecular complexity index is 721. The highest BCUT2D eigenvalue weighted by atomic mass is 19.1. The molecule has 1 fully saturated rings. The summed E-state index contributed by atoms with van der Waals surface area (Å²) in [4.78, 5) is 29.7. The van der Waals surface area contributed by atoms with Crippen molar-refractivity contribution < 1.29 is 14.0 Å². The largest absolute Gasteiger partial charge is 0.347 e. The molecule has 0 aliphatic carbocycles. The van der Waals surface area contributed by atoms with E-state index in [1.54, 1.807) is 41.6 Å². The van der Waals surface area contributed by atoms with Crippen molar-refractivity contribution in [3.05, 3.63) is 65.7 Å². The molecule has 1 aromatic heterocycles. The zero-order valence-corrected chi connectivity index (χ0v) is 12.4. The molecule has 1 atom stereocenters. The van der Waals surface area contributed by atoms with Gasteiger partial charge in [-0.15, -0.1) is 0 Å². The number of nitrogens with one attached hydrogen (secondary N) is 1. The second-order valence-corrected chi connectivity index (χ2v) is 5.51. The van der Waals surface area contributed by atoms with Crippen molar-refractivity contribution >= 4 is 11.8 Å². The summed E-state index contributed by atoms with van der Waals surface area (Å²) in [6, 6.07) is 9.18. The van der Waals surface area contributed by atoms with Gasteiger partial charge in [-0.1, -0.05) is 12.1 Å². The molecular weight excluding hydrogens is 297 g/mol. The van der Waals surface area contributed by atoms with Crippen LogP contribution in [0.3, 0.4) is 0 Å². The summed E-state index contributed by atoms with van der Waals surface area (Å²) >= 11 is 0. The van der Waals surface area contributed by atoms with Crippen LogP contribution in [0.2, 0.25) is 0 Å². The van der Waals surface area contributed by atoms with Crippen molar-refractivity contribution in [2.75, 3.05) is 6.54 Å². The minimum Gasteiger partial charge on any atom is -0.347 e. The maximum atomic E-state index is 13.2. The molecule has 1 aliphatic rings. The van der Waals surface area contributed by atoms with Crippen LogP contribution < -0.4 is 5.32 Å². The smallest absolute Gasteiger partial charge is 0.251 e. The summed E-state index contributed by atoms with van der Waals surface area (Å²) in [5.41, 5.74) is 1.25. The topological polar surface area (TPSA) is 62.3 Å². The molecule has 1 N–H and O–H groups in total. The van der Waals surface area contributed by atoms with E-state index in [0.717, 1.165) is 5.56 Å². The zero-order chi connectivity index (χ0) is 16.2. The minimum absolute atomic E-state index is 0.0470. The lowest BCUT2D eigenvalue weighted by atomic mass is 10.2. The van der Waals surface area contributed by atoms with E-state index in [-0.39, 0.29) is 30.1 Å². The molecule has 5 nitrogen and oxygen atoms in total. The van der Waals surface area contributed by atoms with Gasteiger partial charge in [-0.05, 0) is 29.8 Å². The molecule has 3 rings (SSSR count). The predicted octanol–water partition coefficient (Wildman–Crippen LogP) is 1.75. The van der Waals surface area contributed by atoms with E-state index >= 15 is 0 Å². The molecule has 0 saturated carbocycles. The van der Waals surface area contributed by atoms with Gasteiger partial charge in [0.25, 0.3) is 5.91 Å². The molecule has 2 heterocycles. The van der Waals surface area contributed by atoms with E-state index in [0.29, 0.717) is 18.7 Å². The maximum Gasteiger partial charge on any atom is 0.251 e. The standard InChI is InChI=1S/C17H16FN3O2/c18-14-3-1-2-12(8-14)10-21-11-15(9-16(21)22)20-17(23)13-4-6-19-7-5-13/h1-8,15H,9-11H2,(H,20,23)/t15-/m1/s1. The van der Waals surface area contributed by atoms with Gasteiger partial charge >= 0.3 is 0 Å². The molecule has 1 aliphatic heterocycles. The van der Waals surface area contributed by atoms with Crippen LogP contribution in [-0.2, 0) is 11.3 Å². The Balaban J connectivity index is 1.60. The maximum absolute atomic E-state index is 13.2. The third-order valence-electron chi connectivity index (χ3n) is 3.75. The summed E-state index contributed by atoms with van der Waals surface area (Å²) in [6.45, 7) is 0.768. The number of carbonyl (C=O) groups is 2. The van der Waals surface area contributed by atoms with Crippen molar-refractivity contribution in [1.82, 2.24) is 15.2 Å². The van der Waals surface area contributed by atoms with Gasteiger partial charge < -0.3 is 10.2 Å². The first-order valence-electron chi connectivity index (χ1n) is 7.35. The van der Waals surface area contributed by atoms with E-state index in [2.05, 4.69) is 10.3 Å². The lowest BCUT2D eigenvalue weighted by Gasteiger charge is -2.17. The number of rotatable bonds is 4. The SMILES string of the molecule is O=C(N[C@@H]1CC(=O)N(Cc2cccc(F)c2)C1)c1ccncc1. The van der Waals surface area contributed by atoms with Gasteiger partial charge in [-0.25, -0.2) is 4.39 Å². The van der Waals surface area contributed by atoms with Crippen LogP contribution >= 0.6 is 0 Å². The fourth-order valence-electron chi connectivity index (χ4n) is 2.65. The first-order chi connectivity index (χ1) is 11.1. The van der Waals surface area contributed by atoms with Gasteiger partial charge in [0.05, 0.1) is 6.04 Å². The molecule has 1 saturated heterocycles. The van der Waals surface area contributed by atoms with Crippen LogP contribution in [0.15, 0.2) is 48.8 Å². The molecule has 2 aromatic rings. The van der Waals surface area contributed by atoms with Crippen molar-refractivity contribution in [2.45, 2.75) is 19.0 Å². The van der Waals surface area contributed by atoms with E-state index in [1.165, 1.54) is 12.1 Å². The Labute approximate surface area is 133 Å². The number of nitrogens with zero attached hydrogens (tertiary/aromatic N) is 2. The number of carbonyl (C=O) groups excluding carboxylic acids is 2. The zero-order valence-electron chi connectivity index (χ0n) is 12.4. The van der Waals surface area contributed by atoms with Gasteiger partial charge in [0, 0.05) is 37.5 Å². The average molecular weight is 313 g/mol. The number of hydrogen-bond acceptors (Lipinski definition) is 3. The van der Waals surface area contributed by atoms with E-state index < -0.39 is 0 Å². The Kier molecular flexibility index (Phi) is 4.32. The van der Waals surface area contributed by atoms with Gasteiger partial charge in [0.2, 0.25) is 5.91 Å². The number of aromatic nitrogens is 1. The Morgan fingerprint density at radius 1 is 1.30 bits per heavy atom. The predicted molar refractivity (Wildman–Crippen MR) is 81.9 cm³/mol. The number of halogens is 1. The number of benzene rings is 1. The first-order valence-corrected chi connectivity index (χ1v) is 7.35. The van der Waals surface area contributed by atoms with Crippen LogP contribution in [-0.4, -0.2) is 34.3 Å². The monoisotopic (exact) mass is 313 g/mol. The van der Waals surface area contributed by atoms with Crippen molar-refractivity contribution in [3.8, 4) is 0 Å². The van der Waals surface area contributed by atoms with Gasteiger partial charge in [-0.2, -0.15) is 0 Å². The molecule has 23 heavy (non-hydrogen) atoms. The van der Waals surface area contributed by atoms with Gasteiger partial charge in [0.15, 0.2) is 0 Å². The molecule has 118 valence electrons. The molecule has 2 amide bonds. The Hall–Kier alpha value is -2.76. The highest BCUT2D eigenvalue weighted by Gasteiger charge is 2.30. The van der Waals surface area contributed by atoms with Crippen molar-refractivity contribution in [2.24, 2.45) is 0 Å². The number of pyridine rings is 1. The lowest BCUT2D eigenvalue weighted by Crippen LogP contribution is -2.37. The van der Waals surface area contributed by atoms with Gasteiger partial charge in [-0.3, -0.25) is 14.6 Å². The molecule has 0 spiro atoms. The highest BCUT2D eigenvalue weighted by Crippen LogP contribution is 2.16. The molecule has 0 bridgehead atoms. The summed E-state index contributed by atoms with van der Waals surface area (Å²) < 4.78 is 13.2. The third kappa shape index (κ3) is 3.71. The highest BCUT2D eigenvalue weighted by molar-refractivity contribution is 5.94. The van der Waals surface area contributed by atoms with Crippen LogP contribution in [0.5, 0.6) is 0 Å². The van der Waals surface area contributed by atoms with Crippen LogP contribution in [0, 0.1) is 5.82 Å². The fraction of sp³-hybridized carbons (Fsp3) is 0.235. The number of amides is 2. The third-order valence-corrected chi connectivity index (χ3v) is 3.75. The summed E-state index contributed by atoms with van der Waals surface area (Å²) in [7, 11) is 0. The Morgan fingerprint density at radius 3 is 2.83 bits per heavy atom. The summed E-state index contributed by atoms with van der Waals surface area (Å²) in [5.74, 6) is -0.594. The summed E-state index contributed by atoms with van der Waals surface area (Å²) in [5, 5.41) is 2.85. The fourth-order valence-corrected chi connectivity index (χ4v) is 2.65. The second-order valence-electron chi connectivity index (χ2n) is 5.51. The first kappa shape index (κ1) is 15.1. The normalized spacial score (nSPS) is 17.3. The van der Waals surface area contributed by atoms with E-state index in [9.17, 15) is 14.0 Å². The molecular formula is C17H16FN3O2. The second kappa shape index (κ2) is 6.56. The summed E-state index contributed by atoms with van der Waals surface area (Å²) in [6.07, 6.45) is 3.35. The number of likely N-dealkylation sites (tertiary alicyclic amines) is 1. The Morgan fingerprint density at radius 2 is 2.09 bits per heavy atom. The van der Waals surface area contributed by atoms with Crippen LogP contribution in [0.1, 0.15) is 22.3 Å². The van der Waals surface area contributed by atoms with Crippen molar-refractivity contribution in [1.29, 1.82) is 0 Å². The lowest BCUT2D eigenvalue weighted by molar-refractivity contribution is -0.128. The molecule has 0 unspecified atom stereocenters. The van der Waals surface area contributed by atoms with E-state index in [1.807, 2.05) is 0 Å². The minimum atomic E-state index is -0.323. The van der Waals surface area contributed by atoms with Crippen LogP contribution in [0.25, 0.3) is 0 Å². The van der Waals surface area contributed by atoms with Crippen LogP contribution in [0.4, 0.5) is 4.39 Å². The average Bonchev–Trinajstić information content (AvgIpc) is 2.87. The van der Waals surface area contributed by atoms with Crippen molar-refractivity contribution in [3.63, 3.8) is 0 Å².